The van der Waals surface area contributed by atoms with Gasteiger partial charge >= 0.3 is 0 Å². The van der Waals surface area contributed by atoms with E-state index in [-0.39, 0.29) is 5.91 Å². The lowest BCUT2D eigenvalue weighted by Crippen LogP contribution is -2.24. The zero-order valence-electron chi connectivity index (χ0n) is 17.0. The van der Waals surface area contributed by atoms with Crippen LogP contribution >= 0.6 is 11.8 Å². The molecule has 0 fully saturated rings. The van der Waals surface area contributed by atoms with E-state index in [1.165, 1.54) is 18.0 Å². The lowest BCUT2D eigenvalue weighted by Gasteiger charge is -2.13. The van der Waals surface area contributed by atoms with Crippen molar-refractivity contribution in [1.29, 1.82) is 5.26 Å². The van der Waals surface area contributed by atoms with Gasteiger partial charge in [0.05, 0.1) is 22.7 Å². The number of hydrogen-bond donors (Lipinski definition) is 1. The Bertz CT molecular complexity index is 1480. The van der Waals surface area contributed by atoms with Crippen LogP contribution in [0, 0.1) is 11.3 Å². The van der Waals surface area contributed by atoms with Gasteiger partial charge in [-0.25, -0.2) is 4.68 Å². The van der Waals surface area contributed by atoms with E-state index in [9.17, 15) is 10.1 Å². The van der Waals surface area contributed by atoms with Crippen molar-refractivity contribution >= 4 is 40.0 Å². The Morgan fingerprint density at radius 1 is 1.06 bits per heavy atom. The average molecular weight is 440 g/mol. The minimum absolute atomic E-state index is 0.263. The first-order valence-corrected chi connectivity index (χ1v) is 10.8. The molecule has 8 nitrogen and oxygen atoms in total. The van der Waals surface area contributed by atoms with Gasteiger partial charge in [-0.2, -0.15) is 10.4 Å². The van der Waals surface area contributed by atoms with Gasteiger partial charge < -0.3 is 5.32 Å². The summed E-state index contributed by atoms with van der Waals surface area (Å²) in [5.74, 6) is 0.0777. The maximum Gasteiger partial charge on any atom is 0.238 e. The zero-order valence-corrected chi connectivity index (χ0v) is 17.8. The summed E-state index contributed by atoms with van der Waals surface area (Å²) in [6.45, 7) is 1.79. The predicted octanol–water partition coefficient (Wildman–Crippen LogP) is 4.06. The van der Waals surface area contributed by atoms with Gasteiger partial charge in [-0.15, -0.1) is 10.2 Å². The molecule has 2 aromatic carbocycles. The lowest BCUT2D eigenvalue weighted by atomic mass is 10.2. The third-order valence-electron chi connectivity index (χ3n) is 5.03. The molecule has 1 amide bonds. The first kappa shape index (κ1) is 19.8. The molecule has 0 spiro atoms. The molecule has 5 aromatic rings. The molecule has 0 saturated carbocycles. The number of thioether (sulfide) groups is 1. The third-order valence-corrected chi connectivity index (χ3v) is 6.07. The van der Waals surface area contributed by atoms with Gasteiger partial charge in [0.25, 0.3) is 0 Å². The Morgan fingerprint density at radius 2 is 1.84 bits per heavy atom. The van der Waals surface area contributed by atoms with Crippen LogP contribution in [0.5, 0.6) is 0 Å². The third kappa shape index (κ3) is 3.46. The van der Waals surface area contributed by atoms with E-state index in [0.29, 0.717) is 22.2 Å². The number of nitriles is 1. The molecule has 0 saturated heterocycles. The number of aromatic nitrogens is 5. The number of pyridine rings is 1. The van der Waals surface area contributed by atoms with Gasteiger partial charge in [-0.3, -0.25) is 9.20 Å². The monoisotopic (exact) mass is 439 g/mol. The normalized spacial score (nSPS) is 12.0. The average Bonchev–Trinajstić information content (AvgIpc) is 3.43. The van der Waals surface area contributed by atoms with Crippen molar-refractivity contribution in [1.82, 2.24) is 24.4 Å². The Labute approximate surface area is 187 Å². The molecule has 0 bridgehead atoms. The van der Waals surface area contributed by atoms with Crippen LogP contribution in [0.3, 0.4) is 0 Å². The lowest BCUT2D eigenvalue weighted by molar-refractivity contribution is -0.115. The number of nitrogens with one attached hydrogen (secondary N) is 1. The predicted molar refractivity (Wildman–Crippen MR) is 123 cm³/mol. The molecule has 5 rings (SSSR count). The van der Waals surface area contributed by atoms with Crippen molar-refractivity contribution in [3.8, 4) is 11.8 Å². The number of carbonyl (C=O) groups is 1. The van der Waals surface area contributed by atoms with Crippen molar-refractivity contribution < 1.29 is 4.79 Å². The number of carbonyl (C=O) groups excluding carboxylic acids is 1. The fraction of sp³-hybridized carbons (Fsp3) is 0.0870. The van der Waals surface area contributed by atoms with Crippen LogP contribution in [0.25, 0.3) is 22.2 Å². The fourth-order valence-electron chi connectivity index (χ4n) is 3.43. The SMILES string of the molecule is CC(Sc1nnc2ccc3ccccc3n12)C(=O)Nc1c(C#N)cnn1-c1ccccc1. The Balaban J connectivity index is 1.43. The van der Waals surface area contributed by atoms with Crippen molar-refractivity contribution in [3.05, 3.63) is 78.5 Å². The number of hydrogen-bond acceptors (Lipinski definition) is 6. The van der Waals surface area contributed by atoms with Gasteiger partial charge in [0.2, 0.25) is 5.91 Å². The van der Waals surface area contributed by atoms with E-state index < -0.39 is 5.25 Å². The van der Waals surface area contributed by atoms with Crippen molar-refractivity contribution in [3.63, 3.8) is 0 Å². The summed E-state index contributed by atoms with van der Waals surface area (Å²) in [7, 11) is 0. The van der Waals surface area contributed by atoms with Crippen LogP contribution in [0.15, 0.2) is 78.1 Å². The Morgan fingerprint density at radius 3 is 2.66 bits per heavy atom. The summed E-state index contributed by atoms with van der Waals surface area (Å²) in [5, 5.41) is 26.3. The summed E-state index contributed by atoms with van der Waals surface area (Å²) >= 11 is 1.30. The molecule has 0 aliphatic carbocycles. The molecule has 9 heteroatoms. The first-order valence-electron chi connectivity index (χ1n) is 9.89. The van der Waals surface area contributed by atoms with E-state index >= 15 is 0 Å². The van der Waals surface area contributed by atoms with Crippen LogP contribution in [0.2, 0.25) is 0 Å². The first-order chi connectivity index (χ1) is 15.7. The molecule has 0 aliphatic heterocycles. The summed E-state index contributed by atoms with van der Waals surface area (Å²) in [5.41, 5.74) is 2.73. The van der Waals surface area contributed by atoms with Crippen molar-refractivity contribution in [2.75, 3.05) is 5.32 Å². The number of anilines is 1. The van der Waals surface area contributed by atoms with Gasteiger partial charge in [0.1, 0.15) is 11.6 Å². The standard InChI is InChI=1S/C23H17N7OS/c1-15(32-23-28-27-20-12-11-16-7-5-6-10-19(16)29(20)23)22(31)26-21-17(13-24)14-25-30(21)18-8-3-2-4-9-18/h2-12,14-15H,1H3,(H,26,31). The molecular weight excluding hydrogens is 422 g/mol. The molecule has 156 valence electrons. The van der Waals surface area contributed by atoms with Crippen LogP contribution in [-0.2, 0) is 4.79 Å². The number of benzene rings is 2. The number of para-hydroxylation sites is 2. The van der Waals surface area contributed by atoms with E-state index in [4.69, 9.17) is 0 Å². The van der Waals surface area contributed by atoms with Crippen LogP contribution in [0.4, 0.5) is 5.82 Å². The topological polar surface area (TPSA) is 101 Å². The second-order valence-electron chi connectivity index (χ2n) is 7.08. The number of amides is 1. The second-order valence-corrected chi connectivity index (χ2v) is 8.39. The van der Waals surface area contributed by atoms with E-state index in [2.05, 4.69) is 26.7 Å². The smallest absolute Gasteiger partial charge is 0.238 e. The van der Waals surface area contributed by atoms with Crippen LogP contribution < -0.4 is 5.32 Å². The van der Waals surface area contributed by atoms with E-state index in [1.807, 2.05) is 71.1 Å². The second kappa shape index (κ2) is 8.17. The molecule has 3 aromatic heterocycles. The number of nitrogens with zero attached hydrogens (tertiary/aromatic N) is 6. The molecule has 32 heavy (non-hydrogen) atoms. The molecular formula is C23H17N7OS. The Kier molecular flexibility index (Phi) is 5.05. The van der Waals surface area contributed by atoms with Crippen molar-refractivity contribution in [2.45, 2.75) is 17.3 Å². The number of rotatable bonds is 5. The summed E-state index contributed by atoms with van der Waals surface area (Å²) in [6, 6.07) is 23.3. The minimum atomic E-state index is -0.493. The molecule has 3 heterocycles. The van der Waals surface area contributed by atoms with E-state index in [1.54, 1.807) is 11.6 Å². The van der Waals surface area contributed by atoms with Gasteiger partial charge in [-0.1, -0.05) is 48.2 Å². The maximum absolute atomic E-state index is 13.0. The largest absolute Gasteiger partial charge is 0.309 e. The van der Waals surface area contributed by atoms with Gasteiger partial charge in [0, 0.05) is 0 Å². The highest BCUT2D eigenvalue weighted by Gasteiger charge is 2.22. The molecule has 0 aliphatic rings. The van der Waals surface area contributed by atoms with Crippen LogP contribution in [0.1, 0.15) is 12.5 Å². The molecule has 0 radical (unpaired) electrons. The minimum Gasteiger partial charge on any atom is -0.309 e. The van der Waals surface area contributed by atoms with E-state index in [0.717, 1.165) is 16.6 Å². The van der Waals surface area contributed by atoms with Crippen molar-refractivity contribution in [2.24, 2.45) is 0 Å². The van der Waals surface area contributed by atoms with Crippen LogP contribution in [-0.4, -0.2) is 35.5 Å². The molecule has 1 atom stereocenters. The summed E-state index contributed by atoms with van der Waals surface area (Å²) in [4.78, 5) is 13.0. The summed E-state index contributed by atoms with van der Waals surface area (Å²) in [6.07, 6.45) is 1.44. The fourth-order valence-corrected chi connectivity index (χ4v) is 4.30. The Hall–Kier alpha value is -4.16. The molecule has 1 unspecified atom stereocenters. The highest BCUT2D eigenvalue weighted by atomic mass is 32.2. The quantitative estimate of drug-likeness (QED) is 0.415. The van der Waals surface area contributed by atoms with Gasteiger partial charge in [-0.05, 0) is 42.6 Å². The summed E-state index contributed by atoms with van der Waals surface area (Å²) < 4.78 is 3.49. The highest BCUT2D eigenvalue weighted by Crippen LogP contribution is 2.27. The highest BCUT2D eigenvalue weighted by molar-refractivity contribution is 8.00. The van der Waals surface area contributed by atoms with Gasteiger partial charge in [0.15, 0.2) is 16.6 Å². The molecule has 1 N–H and O–H groups in total. The number of fused-ring (bicyclic) bond motifs is 3. The zero-order chi connectivity index (χ0) is 22.1. The maximum atomic E-state index is 13.0.